The van der Waals surface area contributed by atoms with E-state index in [0.717, 1.165) is 27.5 Å². The molecule has 0 unspecified atom stereocenters. The van der Waals surface area contributed by atoms with E-state index in [0.29, 0.717) is 11.8 Å². The van der Waals surface area contributed by atoms with E-state index in [-0.39, 0.29) is 0 Å². The van der Waals surface area contributed by atoms with Crippen molar-refractivity contribution in [3.05, 3.63) is 47.1 Å². The molecule has 0 saturated heterocycles. The van der Waals surface area contributed by atoms with Crippen molar-refractivity contribution in [1.82, 2.24) is 19.6 Å². The molecule has 0 fully saturated rings. The lowest BCUT2D eigenvalue weighted by Crippen LogP contribution is -1.86. The quantitative estimate of drug-likeness (QED) is 0.565. The zero-order valence-corrected chi connectivity index (χ0v) is 12.4. The lowest BCUT2D eigenvalue weighted by atomic mass is 10.1. The van der Waals surface area contributed by atoms with Gasteiger partial charge in [0.25, 0.3) is 5.89 Å². The van der Waals surface area contributed by atoms with Crippen LogP contribution < -0.4 is 0 Å². The molecule has 0 amide bonds. The van der Waals surface area contributed by atoms with E-state index in [1.807, 2.05) is 54.1 Å². The molecule has 0 N–H and O–H groups in total. The van der Waals surface area contributed by atoms with Gasteiger partial charge in [-0.15, -0.1) is 21.5 Å². The number of nitrogens with zero attached hydrogens (tertiary/aromatic N) is 4. The molecule has 4 aromatic rings. The second-order valence-corrected chi connectivity index (χ2v) is 5.70. The normalized spacial score (nSPS) is 11.3. The minimum absolute atomic E-state index is 0.497. The lowest BCUT2D eigenvalue weighted by Gasteiger charge is -1.99. The van der Waals surface area contributed by atoms with Gasteiger partial charge in [-0.3, -0.25) is 4.40 Å². The van der Waals surface area contributed by atoms with Crippen molar-refractivity contribution in [3.63, 3.8) is 0 Å². The summed E-state index contributed by atoms with van der Waals surface area (Å²) >= 11 is 1.58. The van der Waals surface area contributed by atoms with Crippen LogP contribution in [0.3, 0.4) is 0 Å². The first-order valence-corrected chi connectivity index (χ1v) is 7.44. The SMILES string of the molecule is Cc1ccccc1-c1nnc(-c2c(C)nc3sccn23)o1. The van der Waals surface area contributed by atoms with Gasteiger partial charge >= 0.3 is 0 Å². The maximum absolute atomic E-state index is 5.87. The average Bonchev–Trinajstić information content (AvgIpc) is 3.15. The van der Waals surface area contributed by atoms with E-state index in [9.17, 15) is 0 Å². The minimum Gasteiger partial charge on any atom is -0.415 e. The Morgan fingerprint density at radius 1 is 1.10 bits per heavy atom. The van der Waals surface area contributed by atoms with Gasteiger partial charge in [0.05, 0.1) is 5.69 Å². The fraction of sp³-hybridized carbons (Fsp3) is 0.133. The summed E-state index contributed by atoms with van der Waals surface area (Å²) in [5.41, 5.74) is 3.82. The van der Waals surface area contributed by atoms with Gasteiger partial charge in [0.15, 0.2) is 4.96 Å². The highest BCUT2D eigenvalue weighted by Crippen LogP contribution is 2.29. The number of imidazole rings is 1. The molecule has 0 aliphatic rings. The van der Waals surface area contributed by atoms with Gasteiger partial charge < -0.3 is 4.42 Å². The molecule has 104 valence electrons. The van der Waals surface area contributed by atoms with Crippen molar-refractivity contribution in [2.45, 2.75) is 13.8 Å². The minimum atomic E-state index is 0.497. The van der Waals surface area contributed by atoms with Crippen LogP contribution in [0.5, 0.6) is 0 Å². The van der Waals surface area contributed by atoms with Crippen LogP contribution in [0.1, 0.15) is 11.3 Å². The average molecular weight is 296 g/mol. The van der Waals surface area contributed by atoms with E-state index in [1.54, 1.807) is 11.3 Å². The molecule has 0 bridgehead atoms. The maximum atomic E-state index is 5.87. The zero-order chi connectivity index (χ0) is 14.4. The summed E-state index contributed by atoms with van der Waals surface area (Å²) in [5, 5.41) is 10.4. The van der Waals surface area contributed by atoms with E-state index in [4.69, 9.17) is 4.42 Å². The number of benzene rings is 1. The van der Waals surface area contributed by atoms with Crippen LogP contribution in [0.25, 0.3) is 28.0 Å². The Morgan fingerprint density at radius 2 is 1.90 bits per heavy atom. The number of hydrogen-bond donors (Lipinski definition) is 0. The number of aromatic nitrogens is 4. The van der Waals surface area contributed by atoms with Crippen LogP contribution in [0.4, 0.5) is 0 Å². The van der Waals surface area contributed by atoms with Crippen LogP contribution >= 0.6 is 11.3 Å². The monoisotopic (exact) mass is 296 g/mol. The second-order valence-electron chi connectivity index (χ2n) is 4.83. The Bertz CT molecular complexity index is 934. The second kappa shape index (κ2) is 4.53. The van der Waals surface area contributed by atoms with Gasteiger partial charge in [-0.05, 0) is 25.5 Å². The highest BCUT2D eigenvalue weighted by Gasteiger charge is 2.18. The molecule has 6 heteroatoms. The Labute approximate surface area is 124 Å². The maximum Gasteiger partial charge on any atom is 0.266 e. The predicted octanol–water partition coefficient (Wildman–Crippen LogP) is 3.73. The molecule has 0 aliphatic carbocycles. The number of fused-ring (bicyclic) bond motifs is 1. The standard InChI is InChI=1S/C15H12N4OS/c1-9-5-3-4-6-11(9)13-17-18-14(20-13)12-10(2)16-15-19(12)7-8-21-15/h3-8H,1-2H3. The van der Waals surface area contributed by atoms with Crippen molar-refractivity contribution >= 4 is 16.3 Å². The highest BCUT2D eigenvalue weighted by atomic mass is 32.1. The number of thiazole rings is 1. The van der Waals surface area contributed by atoms with Crippen molar-refractivity contribution in [2.75, 3.05) is 0 Å². The molecular weight excluding hydrogens is 284 g/mol. The molecule has 4 rings (SSSR count). The fourth-order valence-corrected chi connectivity index (χ4v) is 3.15. The van der Waals surface area contributed by atoms with Gasteiger partial charge in [-0.1, -0.05) is 18.2 Å². The third kappa shape index (κ3) is 1.87. The summed E-state index contributed by atoms with van der Waals surface area (Å²) in [5.74, 6) is 1.03. The summed E-state index contributed by atoms with van der Waals surface area (Å²) in [6.07, 6.45) is 1.97. The van der Waals surface area contributed by atoms with Crippen molar-refractivity contribution in [3.8, 4) is 23.0 Å². The topological polar surface area (TPSA) is 56.2 Å². The number of rotatable bonds is 2. The Kier molecular flexibility index (Phi) is 2.65. The predicted molar refractivity (Wildman–Crippen MR) is 81.3 cm³/mol. The third-order valence-electron chi connectivity index (χ3n) is 3.44. The van der Waals surface area contributed by atoms with E-state index >= 15 is 0 Å². The molecule has 0 saturated carbocycles. The smallest absolute Gasteiger partial charge is 0.266 e. The molecule has 1 aromatic carbocycles. The molecule has 0 aliphatic heterocycles. The summed E-state index contributed by atoms with van der Waals surface area (Å²) < 4.78 is 7.86. The molecule has 5 nitrogen and oxygen atoms in total. The van der Waals surface area contributed by atoms with Crippen molar-refractivity contribution < 1.29 is 4.42 Å². The largest absolute Gasteiger partial charge is 0.415 e. The zero-order valence-electron chi connectivity index (χ0n) is 11.6. The Hall–Kier alpha value is -2.47. The van der Waals surface area contributed by atoms with Gasteiger partial charge in [0, 0.05) is 17.1 Å². The van der Waals surface area contributed by atoms with Crippen LogP contribution in [0, 0.1) is 13.8 Å². The number of hydrogen-bond acceptors (Lipinski definition) is 5. The lowest BCUT2D eigenvalue weighted by molar-refractivity contribution is 0.580. The first-order chi connectivity index (χ1) is 10.2. The van der Waals surface area contributed by atoms with Crippen molar-refractivity contribution in [1.29, 1.82) is 0 Å². The summed E-state index contributed by atoms with van der Waals surface area (Å²) in [4.78, 5) is 5.43. The molecule has 0 radical (unpaired) electrons. The summed E-state index contributed by atoms with van der Waals surface area (Å²) in [7, 11) is 0. The Morgan fingerprint density at radius 3 is 2.76 bits per heavy atom. The molecular formula is C15H12N4OS. The van der Waals surface area contributed by atoms with Crippen LogP contribution in [-0.4, -0.2) is 19.6 Å². The number of aryl methyl sites for hydroxylation is 2. The Balaban J connectivity index is 1.87. The summed E-state index contributed by atoms with van der Waals surface area (Å²) in [6, 6.07) is 7.97. The fourth-order valence-electron chi connectivity index (χ4n) is 2.39. The first kappa shape index (κ1) is 12.3. The molecule has 0 spiro atoms. The molecule has 21 heavy (non-hydrogen) atoms. The van der Waals surface area contributed by atoms with Crippen LogP contribution in [0.2, 0.25) is 0 Å². The summed E-state index contributed by atoms with van der Waals surface area (Å²) in [6.45, 7) is 3.98. The molecule has 0 atom stereocenters. The van der Waals surface area contributed by atoms with Gasteiger partial charge in [-0.2, -0.15) is 0 Å². The van der Waals surface area contributed by atoms with Gasteiger partial charge in [0.1, 0.15) is 5.69 Å². The van der Waals surface area contributed by atoms with Crippen LogP contribution in [0.15, 0.2) is 40.3 Å². The van der Waals surface area contributed by atoms with E-state index < -0.39 is 0 Å². The van der Waals surface area contributed by atoms with Gasteiger partial charge in [-0.25, -0.2) is 4.98 Å². The third-order valence-corrected chi connectivity index (χ3v) is 4.20. The van der Waals surface area contributed by atoms with Gasteiger partial charge in [0.2, 0.25) is 5.89 Å². The van der Waals surface area contributed by atoms with Crippen molar-refractivity contribution in [2.24, 2.45) is 0 Å². The van der Waals surface area contributed by atoms with E-state index in [2.05, 4.69) is 15.2 Å². The van der Waals surface area contributed by atoms with E-state index in [1.165, 1.54) is 0 Å². The first-order valence-electron chi connectivity index (χ1n) is 6.56. The van der Waals surface area contributed by atoms with Crippen LogP contribution in [-0.2, 0) is 0 Å². The molecule has 3 aromatic heterocycles. The molecule has 3 heterocycles. The highest BCUT2D eigenvalue weighted by molar-refractivity contribution is 7.15.